The van der Waals surface area contributed by atoms with Crippen molar-refractivity contribution in [2.24, 2.45) is 5.73 Å². The van der Waals surface area contributed by atoms with Crippen LogP contribution < -0.4 is 10.5 Å². The van der Waals surface area contributed by atoms with E-state index in [4.69, 9.17) is 10.5 Å². The van der Waals surface area contributed by atoms with Crippen LogP contribution in [-0.2, 0) is 13.0 Å². The number of imidazole rings is 1. The molecule has 4 nitrogen and oxygen atoms in total. The number of ether oxygens (including phenoxy) is 1. The van der Waals surface area contributed by atoms with Gasteiger partial charge in [-0.2, -0.15) is 0 Å². The summed E-state index contributed by atoms with van der Waals surface area (Å²) in [5.74, 6) is 1.98. The molecular formula is C16H23N3O. The number of rotatable bonds is 7. The van der Waals surface area contributed by atoms with Crippen LogP contribution in [0.3, 0.4) is 0 Å². The second-order valence-corrected chi connectivity index (χ2v) is 4.87. The molecule has 1 atom stereocenters. The Balaban J connectivity index is 2.00. The van der Waals surface area contributed by atoms with Crippen LogP contribution in [0.1, 0.15) is 37.7 Å². The minimum absolute atomic E-state index is 0.0327. The number of nitrogens with two attached hydrogens (primary N) is 1. The summed E-state index contributed by atoms with van der Waals surface area (Å²) in [6.45, 7) is 5.70. The molecule has 0 saturated carbocycles. The lowest BCUT2D eigenvalue weighted by molar-refractivity contribution is 0.317. The van der Waals surface area contributed by atoms with Gasteiger partial charge in [0.05, 0.1) is 6.61 Å². The molecule has 1 unspecified atom stereocenters. The average molecular weight is 273 g/mol. The summed E-state index contributed by atoms with van der Waals surface area (Å²) >= 11 is 0. The molecule has 0 aliphatic rings. The van der Waals surface area contributed by atoms with E-state index in [9.17, 15) is 0 Å². The van der Waals surface area contributed by atoms with Crippen LogP contribution in [0.2, 0.25) is 0 Å². The first-order valence-electron chi connectivity index (χ1n) is 7.23. The van der Waals surface area contributed by atoms with E-state index in [-0.39, 0.29) is 6.04 Å². The predicted molar refractivity (Wildman–Crippen MR) is 80.8 cm³/mol. The summed E-state index contributed by atoms with van der Waals surface area (Å²) in [4.78, 5) is 4.32. The van der Waals surface area contributed by atoms with Gasteiger partial charge in [0, 0.05) is 31.4 Å². The highest BCUT2D eigenvalue weighted by molar-refractivity contribution is 5.29. The van der Waals surface area contributed by atoms with Gasteiger partial charge in [0.15, 0.2) is 0 Å². The lowest BCUT2D eigenvalue weighted by Crippen LogP contribution is -2.18. The van der Waals surface area contributed by atoms with Crippen molar-refractivity contribution in [1.82, 2.24) is 9.55 Å². The maximum Gasteiger partial charge on any atom is 0.119 e. The zero-order valence-corrected chi connectivity index (χ0v) is 12.2. The fraction of sp³-hybridized carbons (Fsp3) is 0.438. The summed E-state index contributed by atoms with van der Waals surface area (Å²) in [6, 6.07) is 8.02. The van der Waals surface area contributed by atoms with Gasteiger partial charge in [-0.15, -0.1) is 0 Å². The zero-order chi connectivity index (χ0) is 14.4. The highest BCUT2D eigenvalue weighted by Crippen LogP contribution is 2.18. The third-order valence-corrected chi connectivity index (χ3v) is 3.29. The quantitative estimate of drug-likeness (QED) is 0.844. The zero-order valence-electron chi connectivity index (χ0n) is 12.2. The summed E-state index contributed by atoms with van der Waals surface area (Å²) in [6.07, 6.45) is 5.75. The first kappa shape index (κ1) is 14.6. The predicted octanol–water partition coefficient (Wildman–Crippen LogP) is 2.93. The van der Waals surface area contributed by atoms with Crippen molar-refractivity contribution >= 4 is 0 Å². The second-order valence-electron chi connectivity index (χ2n) is 4.87. The maximum absolute atomic E-state index is 6.27. The van der Waals surface area contributed by atoms with E-state index in [1.807, 2.05) is 36.7 Å². The molecule has 1 aromatic carbocycles. The molecule has 0 saturated heterocycles. The van der Waals surface area contributed by atoms with Gasteiger partial charge in [0.2, 0.25) is 0 Å². The van der Waals surface area contributed by atoms with E-state index < -0.39 is 0 Å². The topological polar surface area (TPSA) is 53.1 Å². The molecular weight excluding hydrogens is 250 g/mol. The minimum Gasteiger partial charge on any atom is -0.494 e. The van der Waals surface area contributed by atoms with Gasteiger partial charge in [-0.25, -0.2) is 4.98 Å². The van der Waals surface area contributed by atoms with Crippen LogP contribution in [0, 0.1) is 0 Å². The molecule has 0 aliphatic heterocycles. The number of hydrogen-bond donors (Lipinski definition) is 1. The first-order chi connectivity index (χ1) is 9.74. The molecule has 2 rings (SSSR count). The first-order valence-corrected chi connectivity index (χ1v) is 7.23. The Bertz CT molecular complexity index is 519. The van der Waals surface area contributed by atoms with E-state index in [2.05, 4.69) is 23.4 Å². The Hall–Kier alpha value is -1.81. The van der Waals surface area contributed by atoms with Crippen molar-refractivity contribution in [2.45, 2.75) is 39.3 Å². The molecule has 1 aromatic heterocycles. The largest absolute Gasteiger partial charge is 0.494 e. The van der Waals surface area contributed by atoms with Crippen molar-refractivity contribution in [3.05, 3.63) is 48.0 Å². The third-order valence-electron chi connectivity index (χ3n) is 3.29. The molecule has 2 N–H and O–H groups in total. The molecule has 0 aliphatic carbocycles. The van der Waals surface area contributed by atoms with Gasteiger partial charge >= 0.3 is 0 Å². The van der Waals surface area contributed by atoms with Crippen LogP contribution in [-0.4, -0.2) is 16.2 Å². The fourth-order valence-electron chi connectivity index (χ4n) is 2.17. The van der Waals surface area contributed by atoms with E-state index in [1.165, 1.54) is 0 Å². The maximum atomic E-state index is 6.27. The van der Waals surface area contributed by atoms with Gasteiger partial charge in [-0.05, 0) is 24.1 Å². The number of nitrogens with zero attached hydrogens (tertiary/aromatic N) is 2. The summed E-state index contributed by atoms with van der Waals surface area (Å²) in [5, 5.41) is 0. The van der Waals surface area contributed by atoms with Crippen LogP contribution in [0.4, 0.5) is 0 Å². The Kier molecular flexibility index (Phi) is 5.18. The van der Waals surface area contributed by atoms with Crippen LogP contribution in [0.5, 0.6) is 5.75 Å². The Labute approximate surface area is 120 Å². The summed E-state index contributed by atoms with van der Waals surface area (Å²) in [5.41, 5.74) is 7.39. The lowest BCUT2D eigenvalue weighted by atomic mass is 10.1. The van der Waals surface area contributed by atoms with Crippen molar-refractivity contribution in [1.29, 1.82) is 0 Å². The smallest absolute Gasteiger partial charge is 0.119 e. The highest BCUT2D eigenvalue weighted by Gasteiger charge is 2.09. The van der Waals surface area contributed by atoms with E-state index in [1.54, 1.807) is 0 Å². The minimum atomic E-state index is -0.0327. The number of hydrogen-bond acceptors (Lipinski definition) is 3. The monoisotopic (exact) mass is 273 g/mol. The van der Waals surface area contributed by atoms with Crippen LogP contribution in [0.15, 0.2) is 36.7 Å². The number of benzene rings is 1. The van der Waals surface area contributed by atoms with Gasteiger partial charge < -0.3 is 15.0 Å². The average Bonchev–Trinajstić information content (AvgIpc) is 2.92. The van der Waals surface area contributed by atoms with Gasteiger partial charge in [-0.1, -0.05) is 26.0 Å². The van der Waals surface area contributed by atoms with E-state index in [0.29, 0.717) is 0 Å². The molecule has 0 fully saturated rings. The van der Waals surface area contributed by atoms with Gasteiger partial charge in [-0.3, -0.25) is 0 Å². The lowest BCUT2D eigenvalue weighted by Gasteiger charge is -2.15. The molecule has 0 bridgehead atoms. The van der Waals surface area contributed by atoms with Crippen molar-refractivity contribution < 1.29 is 4.74 Å². The molecule has 20 heavy (non-hydrogen) atoms. The van der Waals surface area contributed by atoms with Gasteiger partial charge in [0.1, 0.15) is 11.6 Å². The van der Waals surface area contributed by atoms with Gasteiger partial charge in [0.25, 0.3) is 0 Å². The highest BCUT2D eigenvalue weighted by atomic mass is 16.5. The van der Waals surface area contributed by atoms with E-state index in [0.717, 1.165) is 43.1 Å². The molecule has 1 heterocycles. The summed E-state index contributed by atoms with van der Waals surface area (Å²) < 4.78 is 7.69. The van der Waals surface area contributed by atoms with Crippen LogP contribution >= 0.6 is 0 Å². The van der Waals surface area contributed by atoms with Crippen molar-refractivity contribution in [3.63, 3.8) is 0 Å². The Morgan fingerprint density at radius 1 is 1.25 bits per heavy atom. The van der Waals surface area contributed by atoms with E-state index >= 15 is 0 Å². The second kappa shape index (κ2) is 7.10. The van der Waals surface area contributed by atoms with Crippen molar-refractivity contribution in [2.75, 3.05) is 6.61 Å². The molecule has 0 radical (unpaired) electrons. The SMILES string of the molecule is CCCOc1ccc(C(N)Cn2ccnc2CC)cc1. The molecule has 2 aromatic rings. The summed E-state index contributed by atoms with van der Waals surface area (Å²) in [7, 11) is 0. The Morgan fingerprint density at radius 3 is 2.65 bits per heavy atom. The van der Waals surface area contributed by atoms with Crippen LogP contribution in [0.25, 0.3) is 0 Å². The molecule has 4 heteroatoms. The normalized spacial score (nSPS) is 12.3. The fourth-order valence-corrected chi connectivity index (χ4v) is 2.17. The molecule has 0 amide bonds. The number of aromatic nitrogens is 2. The molecule has 0 spiro atoms. The standard InChI is InChI=1S/C16H23N3O/c1-3-11-20-14-7-5-13(6-8-14)15(17)12-19-10-9-18-16(19)4-2/h5-10,15H,3-4,11-12,17H2,1-2H3. The Morgan fingerprint density at radius 2 is 2.00 bits per heavy atom. The molecule has 108 valence electrons. The number of aryl methyl sites for hydroxylation is 1. The van der Waals surface area contributed by atoms with Crippen molar-refractivity contribution in [3.8, 4) is 5.75 Å². The third kappa shape index (κ3) is 3.61.